The fourth-order valence-electron chi connectivity index (χ4n) is 2.94. The summed E-state index contributed by atoms with van der Waals surface area (Å²) < 4.78 is 79.7. The highest BCUT2D eigenvalue weighted by Crippen LogP contribution is 2.31. The van der Waals surface area contributed by atoms with Crippen LogP contribution in [0.25, 0.3) is 28.3 Å². The summed E-state index contributed by atoms with van der Waals surface area (Å²) in [5.41, 5.74) is 1.35. The average molecular weight is 406 g/mol. The number of alkyl halides is 3. The van der Waals surface area contributed by atoms with E-state index in [9.17, 15) is 26.3 Å². The minimum Gasteiger partial charge on any atom is -0.206 e. The minimum absolute atomic E-state index is 0.0598. The molecule has 0 heterocycles. The molecule has 0 aromatic heterocycles. The van der Waals surface area contributed by atoms with Crippen LogP contribution in [0.5, 0.6) is 0 Å². The van der Waals surface area contributed by atoms with Crippen LogP contribution in [-0.2, 0) is 6.42 Å². The maximum absolute atomic E-state index is 14.6. The van der Waals surface area contributed by atoms with Gasteiger partial charge in [-0.05, 0) is 47.4 Å². The normalized spacial score (nSPS) is 12.0. The molecule has 0 fully saturated rings. The first-order valence-corrected chi connectivity index (χ1v) is 8.82. The van der Waals surface area contributed by atoms with Gasteiger partial charge in [-0.15, -0.1) is 0 Å². The Morgan fingerprint density at radius 3 is 1.79 bits per heavy atom. The van der Waals surface area contributed by atoms with Crippen LogP contribution in [0.3, 0.4) is 0 Å². The standard InChI is InChI=1S/C23H16F6/c1-2-14-3-7-18(21(25)11-14)17-6-8-19(22(26)13-17)16-5-4-15(20(24)12-16)9-10-23(27,28)29/h3-13H,2H2,1H3. The van der Waals surface area contributed by atoms with E-state index >= 15 is 0 Å². The molecule has 3 aromatic rings. The molecular weight excluding hydrogens is 390 g/mol. The van der Waals surface area contributed by atoms with E-state index in [2.05, 4.69) is 0 Å². The van der Waals surface area contributed by atoms with E-state index in [1.165, 1.54) is 24.3 Å². The molecule has 0 N–H and O–H groups in total. The first-order valence-electron chi connectivity index (χ1n) is 8.82. The molecule has 0 radical (unpaired) electrons. The van der Waals surface area contributed by atoms with Crippen LogP contribution < -0.4 is 0 Å². The van der Waals surface area contributed by atoms with Crippen molar-refractivity contribution in [2.24, 2.45) is 0 Å². The van der Waals surface area contributed by atoms with Gasteiger partial charge in [0.2, 0.25) is 0 Å². The highest BCUT2D eigenvalue weighted by atomic mass is 19.4. The number of benzene rings is 3. The zero-order chi connectivity index (χ0) is 21.2. The summed E-state index contributed by atoms with van der Waals surface area (Å²) in [6, 6.07) is 12.2. The quantitative estimate of drug-likeness (QED) is 0.392. The van der Waals surface area contributed by atoms with Gasteiger partial charge in [0, 0.05) is 22.8 Å². The van der Waals surface area contributed by atoms with E-state index in [0.717, 1.165) is 23.8 Å². The molecule has 0 saturated carbocycles. The lowest BCUT2D eigenvalue weighted by atomic mass is 9.97. The summed E-state index contributed by atoms with van der Waals surface area (Å²) in [4.78, 5) is 0. The molecule has 0 amide bonds. The number of hydrogen-bond donors (Lipinski definition) is 0. The molecule has 0 aliphatic carbocycles. The number of rotatable bonds is 4. The van der Waals surface area contributed by atoms with Gasteiger partial charge in [0.25, 0.3) is 0 Å². The first-order chi connectivity index (χ1) is 13.7. The molecule has 0 bridgehead atoms. The Balaban J connectivity index is 1.93. The van der Waals surface area contributed by atoms with Gasteiger partial charge in [-0.1, -0.05) is 43.3 Å². The Kier molecular flexibility index (Phi) is 5.82. The molecule has 0 saturated heterocycles. The molecule has 6 heteroatoms. The van der Waals surface area contributed by atoms with Crippen LogP contribution in [0.15, 0.2) is 60.7 Å². The Morgan fingerprint density at radius 2 is 1.28 bits per heavy atom. The molecular formula is C23H16F6. The van der Waals surface area contributed by atoms with Crippen LogP contribution >= 0.6 is 0 Å². The molecule has 3 aromatic carbocycles. The van der Waals surface area contributed by atoms with Crippen LogP contribution in [0.4, 0.5) is 26.3 Å². The van der Waals surface area contributed by atoms with Crippen molar-refractivity contribution in [2.75, 3.05) is 0 Å². The number of aryl methyl sites for hydroxylation is 1. The fourth-order valence-corrected chi connectivity index (χ4v) is 2.94. The van der Waals surface area contributed by atoms with E-state index in [1.54, 1.807) is 12.1 Å². The van der Waals surface area contributed by atoms with E-state index in [0.29, 0.717) is 18.1 Å². The Morgan fingerprint density at radius 1 is 0.724 bits per heavy atom. The van der Waals surface area contributed by atoms with Gasteiger partial charge >= 0.3 is 6.18 Å². The van der Waals surface area contributed by atoms with Crippen molar-refractivity contribution in [3.63, 3.8) is 0 Å². The third kappa shape index (κ3) is 4.88. The second kappa shape index (κ2) is 8.15. The maximum Gasteiger partial charge on any atom is 0.409 e. The fraction of sp³-hybridized carbons (Fsp3) is 0.130. The van der Waals surface area contributed by atoms with Gasteiger partial charge in [0.1, 0.15) is 17.5 Å². The Hall–Kier alpha value is -3.02. The van der Waals surface area contributed by atoms with Crippen molar-refractivity contribution in [1.29, 1.82) is 0 Å². The molecule has 0 atom stereocenters. The van der Waals surface area contributed by atoms with Gasteiger partial charge in [-0.3, -0.25) is 0 Å². The van der Waals surface area contributed by atoms with Crippen molar-refractivity contribution >= 4 is 6.08 Å². The predicted octanol–water partition coefficient (Wildman–Crippen LogP) is 7.58. The van der Waals surface area contributed by atoms with Gasteiger partial charge in [0.15, 0.2) is 0 Å². The summed E-state index contributed by atoms with van der Waals surface area (Å²) in [5.74, 6) is -2.07. The minimum atomic E-state index is -4.56. The highest BCUT2D eigenvalue weighted by Gasteiger charge is 2.22. The average Bonchev–Trinajstić information content (AvgIpc) is 2.66. The van der Waals surface area contributed by atoms with E-state index < -0.39 is 23.6 Å². The van der Waals surface area contributed by atoms with Crippen LogP contribution in [0.2, 0.25) is 0 Å². The lowest BCUT2D eigenvalue weighted by Gasteiger charge is -2.10. The lowest BCUT2D eigenvalue weighted by molar-refractivity contribution is -0.0790. The molecule has 0 nitrogen and oxygen atoms in total. The zero-order valence-corrected chi connectivity index (χ0v) is 15.3. The summed E-state index contributed by atoms with van der Waals surface area (Å²) >= 11 is 0. The second-order valence-corrected chi connectivity index (χ2v) is 6.47. The van der Waals surface area contributed by atoms with E-state index in [4.69, 9.17) is 0 Å². The van der Waals surface area contributed by atoms with E-state index in [-0.39, 0.29) is 28.3 Å². The zero-order valence-electron chi connectivity index (χ0n) is 15.3. The monoisotopic (exact) mass is 406 g/mol. The smallest absolute Gasteiger partial charge is 0.206 e. The molecule has 0 aliphatic rings. The van der Waals surface area contributed by atoms with Crippen molar-refractivity contribution in [1.82, 2.24) is 0 Å². The van der Waals surface area contributed by atoms with Crippen LogP contribution in [0.1, 0.15) is 18.1 Å². The molecule has 29 heavy (non-hydrogen) atoms. The maximum atomic E-state index is 14.6. The predicted molar refractivity (Wildman–Crippen MR) is 102 cm³/mol. The van der Waals surface area contributed by atoms with Crippen molar-refractivity contribution in [2.45, 2.75) is 19.5 Å². The second-order valence-electron chi connectivity index (χ2n) is 6.47. The van der Waals surface area contributed by atoms with Crippen molar-refractivity contribution in [3.8, 4) is 22.3 Å². The molecule has 0 unspecified atom stereocenters. The SMILES string of the molecule is CCc1ccc(-c2ccc(-c3ccc(C=CC(F)(F)F)c(F)c3)c(F)c2)c(F)c1. The molecule has 0 aliphatic heterocycles. The van der Waals surface area contributed by atoms with Crippen LogP contribution in [-0.4, -0.2) is 6.18 Å². The summed E-state index contributed by atoms with van der Waals surface area (Å²) in [7, 11) is 0. The Labute approximate surface area is 164 Å². The van der Waals surface area contributed by atoms with Gasteiger partial charge < -0.3 is 0 Å². The summed E-state index contributed by atoms with van der Waals surface area (Å²) in [6.45, 7) is 1.90. The number of halogens is 6. The molecule has 150 valence electrons. The molecule has 3 rings (SSSR count). The van der Waals surface area contributed by atoms with E-state index in [1.807, 2.05) is 6.92 Å². The van der Waals surface area contributed by atoms with Gasteiger partial charge in [-0.25, -0.2) is 13.2 Å². The highest BCUT2D eigenvalue weighted by molar-refractivity contribution is 5.72. The molecule has 0 spiro atoms. The largest absolute Gasteiger partial charge is 0.409 e. The third-order valence-electron chi connectivity index (χ3n) is 4.49. The number of allylic oxidation sites excluding steroid dienone is 1. The van der Waals surface area contributed by atoms with Gasteiger partial charge in [0.05, 0.1) is 0 Å². The van der Waals surface area contributed by atoms with Gasteiger partial charge in [-0.2, -0.15) is 13.2 Å². The third-order valence-corrected chi connectivity index (χ3v) is 4.49. The van der Waals surface area contributed by atoms with Crippen LogP contribution in [0, 0.1) is 17.5 Å². The van der Waals surface area contributed by atoms with Crippen molar-refractivity contribution in [3.05, 3.63) is 89.3 Å². The Bertz CT molecular complexity index is 1060. The summed E-state index contributed by atoms with van der Waals surface area (Å²) in [6.07, 6.45) is -3.35. The lowest BCUT2D eigenvalue weighted by Crippen LogP contribution is -2.00. The first kappa shape index (κ1) is 20.7. The summed E-state index contributed by atoms with van der Waals surface area (Å²) in [5, 5.41) is 0. The van der Waals surface area contributed by atoms with Crippen molar-refractivity contribution < 1.29 is 26.3 Å². The topological polar surface area (TPSA) is 0 Å². The number of hydrogen-bond acceptors (Lipinski definition) is 0.